The maximum Gasteiger partial charge on any atom is 0.168 e. The van der Waals surface area contributed by atoms with E-state index in [0.29, 0.717) is 22.1 Å². The van der Waals surface area contributed by atoms with E-state index >= 15 is 0 Å². The van der Waals surface area contributed by atoms with Crippen LogP contribution < -0.4 is 10.1 Å². The van der Waals surface area contributed by atoms with Crippen molar-refractivity contribution in [3.05, 3.63) is 47.5 Å². The van der Waals surface area contributed by atoms with Gasteiger partial charge in [-0.15, -0.1) is 12.6 Å². The Morgan fingerprint density at radius 3 is 2.57 bits per heavy atom. The van der Waals surface area contributed by atoms with Gasteiger partial charge in [0.05, 0.1) is 0 Å². The number of halogens is 2. The standard InChI is InChI=1S/C17H18F2N2OS/c1-10(2)9-21-14-7-17(23)16(5-11(14)8-20)22-15-4-3-12(18)6-13(15)19/h3-8,10,20-21,23H,9H2,1-2H3. The third-order valence-corrected chi connectivity index (χ3v) is 3.45. The molecule has 0 spiro atoms. The summed E-state index contributed by atoms with van der Waals surface area (Å²) in [7, 11) is 0. The summed E-state index contributed by atoms with van der Waals surface area (Å²) in [4.78, 5) is 0.491. The summed E-state index contributed by atoms with van der Waals surface area (Å²) < 4.78 is 32.1. The number of benzene rings is 2. The first-order chi connectivity index (χ1) is 10.9. The van der Waals surface area contributed by atoms with Gasteiger partial charge in [-0.3, -0.25) is 0 Å². The number of hydrogen-bond donors (Lipinski definition) is 3. The lowest BCUT2D eigenvalue weighted by molar-refractivity contribution is 0.430. The molecule has 23 heavy (non-hydrogen) atoms. The second kappa shape index (κ2) is 7.46. The van der Waals surface area contributed by atoms with Crippen molar-refractivity contribution in [1.29, 1.82) is 5.41 Å². The van der Waals surface area contributed by atoms with Crippen molar-refractivity contribution in [1.82, 2.24) is 0 Å². The molecule has 0 aliphatic rings. The molecule has 0 aliphatic heterocycles. The third kappa shape index (κ3) is 4.45. The molecule has 122 valence electrons. The van der Waals surface area contributed by atoms with Crippen LogP contribution in [0.25, 0.3) is 0 Å². The van der Waals surface area contributed by atoms with Gasteiger partial charge in [0.2, 0.25) is 0 Å². The maximum atomic E-state index is 13.7. The zero-order valence-electron chi connectivity index (χ0n) is 12.9. The predicted molar refractivity (Wildman–Crippen MR) is 91.3 cm³/mol. The number of thiol groups is 1. The zero-order chi connectivity index (χ0) is 17.0. The second-order valence-electron chi connectivity index (χ2n) is 5.50. The lowest BCUT2D eigenvalue weighted by atomic mass is 10.1. The zero-order valence-corrected chi connectivity index (χ0v) is 13.8. The van der Waals surface area contributed by atoms with Gasteiger partial charge in [-0.25, -0.2) is 8.78 Å². The van der Waals surface area contributed by atoms with Crippen molar-refractivity contribution < 1.29 is 13.5 Å². The molecular weight excluding hydrogens is 318 g/mol. The van der Waals surface area contributed by atoms with E-state index in [1.54, 1.807) is 12.1 Å². The molecule has 0 radical (unpaired) electrons. The monoisotopic (exact) mass is 336 g/mol. The van der Waals surface area contributed by atoms with E-state index in [0.717, 1.165) is 24.4 Å². The van der Waals surface area contributed by atoms with Crippen molar-refractivity contribution in [3.8, 4) is 11.5 Å². The topological polar surface area (TPSA) is 45.1 Å². The van der Waals surface area contributed by atoms with E-state index in [1.807, 2.05) is 0 Å². The quantitative estimate of drug-likeness (QED) is 0.507. The van der Waals surface area contributed by atoms with Gasteiger partial charge >= 0.3 is 0 Å². The summed E-state index contributed by atoms with van der Waals surface area (Å²) in [6.07, 6.45) is 1.18. The lowest BCUT2D eigenvalue weighted by Crippen LogP contribution is -2.09. The van der Waals surface area contributed by atoms with Crippen LogP contribution in [0.1, 0.15) is 19.4 Å². The van der Waals surface area contributed by atoms with Crippen LogP contribution in [0.5, 0.6) is 11.5 Å². The molecule has 0 aromatic heterocycles. The van der Waals surface area contributed by atoms with Crippen LogP contribution in [-0.2, 0) is 0 Å². The first-order valence-corrected chi connectivity index (χ1v) is 7.59. The Hall–Kier alpha value is -2.08. The van der Waals surface area contributed by atoms with Crippen LogP contribution in [0.15, 0.2) is 35.2 Å². The van der Waals surface area contributed by atoms with E-state index in [-0.39, 0.29) is 5.75 Å². The van der Waals surface area contributed by atoms with Crippen LogP contribution in [0.4, 0.5) is 14.5 Å². The minimum atomic E-state index is -0.795. The molecule has 2 aromatic carbocycles. The third-order valence-electron chi connectivity index (χ3n) is 3.10. The average Bonchev–Trinajstić information content (AvgIpc) is 2.49. The molecule has 0 fully saturated rings. The fourth-order valence-corrected chi connectivity index (χ4v) is 2.17. The normalized spacial score (nSPS) is 10.7. The summed E-state index contributed by atoms with van der Waals surface area (Å²) in [5.74, 6) is -0.820. The highest BCUT2D eigenvalue weighted by molar-refractivity contribution is 7.80. The minimum Gasteiger partial charge on any atom is -0.453 e. The molecule has 6 heteroatoms. The largest absolute Gasteiger partial charge is 0.453 e. The molecule has 0 unspecified atom stereocenters. The van der Waals surface area contributed by atoms with E-state index in [2.05, 4.69) is 31.8 Å². The Morgan fingerprint density at radius 1 is 1.22 bits per heavy atom. The van der Waals surface area contributed by atoms with Gasteiger partial charge in [-0.1, -0.05) is 13.8 Å². The molecule has 0 saturated carbocycles. The van der Waals surface area contributed by atoms with Crippen molar-refractivity contribution in [2.45, 2.75) is 18.7 Å². The fraction of sp³-hybridized carbons (Fsp3) is 0.235. The van der Waals surface area contributed by atoms with Crippen LogP contribution in [0.2, 0.25) is 0 Å². The van der Waals surface area contributed by atoms with Gasteiger partial charge in [-0.2, -0.15) is 0 Å². The van der Waals surface area contributed by atoms with Crippen LogP contribution in [0.3, 0.4) is 0 Å². The number of rotatable bonds is 6. The van der Waals surface area contributed by atoms with E-state index in [9.17, 15) is 8.78 Å². The van der Waals surface area contributed by atoms with Crippen molar-refractivity contribution >= 4 is 24.5 Å². The highest BCUT2D eigenvalue weighted by Crippen LogP contribution is 2.34. The second-order valence-corrected chi connectivity index (χ2v) is 5.98. The molecular formula is C17H18F2N2OS. The van der Waals surface area contributed by atoms with Crippen molar-refractivity contribution in [3.63, 3.8) is 0 Å². The van der Waals surface area contributed by atoms with Gasteiger partial charge in [0.25, 0.3) is 0 Å². The molecule has 0 heterocycles. The Bertz CT molecular complexity index is 720. The highest BCUT2D eigenvalue weighted by Gasteiger charge is 2.12. The fourth-order valence-electron chi connectivity index (χ4n) is 1.93. The molecule has 0 atom stereocenters. The molecule has 0 saturated heterocycles. The van der Waals surface area contributed by atoms with Gasteiger partial charge < -0.3 is 15.5 Å². The summed E-state index contributed by atoms with van der Waals surface area (Å²) in [5.41, 5.74) is 1.35. The summed E-state index contributed by atoms with van der Waals surface area (Å²) in [5, 5.41) is 10.8. The molecule has 2 rings (SSSR count). The Kier molecular flexibility index (Phi) is 5.60. The highest BCUT2D eigenvalue weighted by atomic mass is 32.1. The van der Waals surface area contributed by atoms with Gasteiger partial charge in [0.15, 0.2) is 11.6 Å². The Morgan fingerprint density at radius 2 is 1.96 bits per heavy atom. The summed E-state index contributed by atoms with van der Waals surface area (Å²) in [6.45, 7) is 4.90. The predicted octanol–water partition coefficient (Wildman–Crippen LogP) is 5.11. The lowest BCUT2D eigenvalue weighted by Gasteiger charge is -2.15. The molecule has 2 N–H and O–H groups in total. The molecule has 0 bridgehead atoms. The van der Waals surface area contributed by atoms with E-state index < -0.39 is 11.6 Å². The van der Waals surface area contributed by atoms with Crippen molar-refractivity contribution in [2.24, 2.45) is 5.92 Å². The first-order valence-electron chi connectivity index (χ1n) is 7.15. The first kappa shape index (κ1) is 17.3. The number of ether oxygens (including phenoxy) is 1. The minimum absolute atomic E-state index is 0.0967. The molecule has 2 aromatic rings. The summed E-state index contributed by atoms with van der Waals surface area (Å²) >= 11 is 4.35. The van der Waals surface area contributed by atoms with Crippen LogP contribution in [-0.4, -0.2) is 12.8 Å². The van der Waals surface area contributed by atoms with Crippen LogP contribution in [0, 0.1) is 23.0 Å². The van der Waals surface area contributed by atoms with Crippen molar-refractivity contribution in [2.75, 3.05) is 11.9 Å². The molecule has 3 nitrogen and oxygen atoms in total. The van der Waals surface area contributed by atoms with Gasteiger partial charge in [0, 0.05) is 35.0 Å². The van der Waals surface area contributed by atoms with E-state index in [1.165, 1.54) is 12.3 Å². The number of hydrogen-bond acceptors (Lipinski definition) is 4. The van der Waals surface area contributed by atoms with Crippen LogP contribution >= 0.6 is 12.6 Å². The average molecular weight is 336 g/mol. The van der Waals surface area contributed by atoms with Gasteiger partial charge in [0.1, 0.15) is 11.6 Å². The Labute approximate surface area is 139 Å². The SMILES string of the molecule is CC(C)CNc1cc(S)c(Oc2ccc(F)cc2F)cc1C=N. The smallest absolute Gasteiger partial charge is 0.168 e. The maximum absolute atomic E-state index is 13.7. The van der Waals surface area contributed by atoms with Gasteiger partial charge in [-0.05, 0) is 30.2 Å². The van der Waals surface area contributed by atoms with E-state index in [4.69, 9.17) is 10.1 Å². The summed E-state index contributed by atoms with van der Waals surface area (Å²) in [6, 6.07) is 6.41. The number of anilines is 1. The number of nitrogens with one attached hydrogen (secondary N) is 2. The Balaban J connectivity index is 2.30. The molecule has 0 aliphatic carbocycles. The molecule has 0 amide bonds.